The Morgan fingerprint density at radius 1 is 1.13 bits per heavy atom. The highest BCUT2D eigenvalue weighted by Crippen LogP contribution is 2.37. The summed E-state index contributed by atoms with van der Waals surface area (Å²) < 4.78 is 45.7. The number of nitrogens with zero attached hydrogens (tertiary/aromatic N) is 3. The molecule has 0 radical (unpaired) electrons. The normalized spacial score (nSPS) is 17.9. The van der Waals surface area contributed by atoms with Crippen LogP contribution in [0.3, 0.4) is 0 Å². The highest BCUT2D eigenvalue weighted by Gasteiger charge is 2.34. The first-order chi connectivity index (χ1) is 18.3. The third-order valence-electron chi connectivity index (χ3n) is 6.37. The summed E-state index contributed by atoms with van der Waals surface area (Å²) in [6, 6.07) is 10.3. The van der Waals surface area contributed by atoms with Crippen molar-refractivity contribution in [3.8, 4) is 11.3 Å². The number of carbonyl (C=O) groups is 2. The number of rotatable bonds is 7. The minimum atomic E-state index is -4.45. The van der Waals surface area contributed by atoms with Gasteiger partial charge in [0.05, 0.1) is 22.7 Å². The summed E-state index contributed by atoms with van der Waals surface area (Å²) in [5.74, 6) is 1.33. The van der Waals surface area contributed by atoms with Crippen molar-refractivity contribution in [2.75, 3.05) is 24.5 Å². The third-order valence-corrected chi connectivity index (χ3v) is 7.19. The van der Waals surface area contributed by atoms with Crippen LogP contribution in [-0.4, -0.2) is 40.7 Å². The molecule has 3 aromatic rings. The van der Waals surface area contributed by atoms with E-state index in [0.29, 0.717) is 34.8 Å². The van der Waals surface area contributed by atoms with Crippen LogP contribution in [0.2, 0.25) is 0 Å². The summed E-state index contributed by atoms with van der Waals surface area (Å²) in [5, 5.41) is 5.18. The first-order valence-corrected chi connectivity index (χ1v) is 12.9. The number of hydrogen-bond acceptors (Lipinski definition) is 8. The van der Waals surface area contributed by atoms with Crippen molar-refractivity contribution in [2.45, 2.75) is 25.6 Å². The molecule has 0 spiro atoms. The van der Waals surface area contributed by atoms with E-state index in [2.05, 4.69) is 25.5 Å². The Labute approximate surface area is 220 Å². The van der Waals surface area contributed by atoms with Gasteiger partial charge in [0.2, 0.25) is 5.95 Å². The molecule has 2 saturated heterocycles. The average Bonchev–Trinajstić information content (AvgIpc) is 3.49. The summed E-state index contributed by atoms with van der Waals surface area (Å²) in [4.78, 5) is 34.4. The standard InChI is InChI=1S/C26H24F3N5O3S/c27-26(28,29)20-4-2-1-3-19(20)21-6-5-18(37-21)15-30-14-16-8-11-34(12-9-16)24-31-10-7-17(32-24)13-22-23(35)33-25(36)38-22/h1-7,10,13,16,30H,8-9,11-12,14-15H2,(H,33,35,36). The Bertz CT molecular complexity index is 1370. The summed E-state index contributed by atoms with van der Waals surface area (Å²) in [7, 11) is 0. The number of thioether (sulfide) groups is 1. The Kier molecular flexibility index (Phi) is 7.52. The molecule has 4 heterocycles. The summed E-state index contributed by atoms with van der Waals surface area (Å²) in [6.07, 6.45) is 0.584. The van der Waals surface area contributed by atoms with Crippen LogP contribution in [0.4, 0.5) is 23.9 Å². The number of nitrogens with one attached hydrogen (secondary N) is 2. The van der Waals surface area contributed by atoms with E-state index in [-0.39, 0.29) is 11.3 Å². The summed E-state index contributed by atoms with van der Waals surface area (Å²) in [5.41, 5.74) is -0.133. The number of benzene rings is 1. The zero-order chi connectivity index (χ0) is 26.7. The van der Waals surface area contributed by atoms with E-state index >= 15 is 0 Å². The predicted molar refractivity (Wildman–Crippen MR) is 137 cm³/mol. The van der Waals surface area contributed by atoms with Crippen LogP contribution < -0.4 is 15.5 Å². The van der Waals surface area contributed by atoms with Crippen molar-refractivity contribution in [2.24, 2.45) is 5.92 Å². The minimum Gasteiger partial charge on any atom is -0.460 e. The number of piperidine rings is 1. The maximum atomic E-state index is 13.3. The topological polar surface area (TPSA) is 100 Å². The number of anilines is 1. The maximum absolute atomic E-state index is 13.3. The summed E-state index contributed by atoms with van der Waals surface area (Å²) in [6.45, 7) is 2.69. The number of halogens is 3. The fourth-order valence-electron chi connectivity index (χ4n) is 4.45. The van der Waals surface area contributed by atoms with Crippen molar-refractivity contribution in [3.05, 3.63) is 70.6 Å². The Morgan fingerprint density at radius 2 is 1.92 bits per heavy atom. The lowest BCUT2D eigenvalue weighted by Crippen LogP contribution is -2.38. The van der Waals surface area contributed by atoms with E-state index in [0.717, 1.165) is 50.3 Å². The second-order valence-corrected chi connectivity index (χ2v) is 10.0. The second kappa shape index (κ2) is 11.0. The Hall–Kier alpha value is -3.64. The van der Waals surface area contributed by atoms with Gasteiger partial charge in [0.25, 0.3) is 11.1 Å². The number of amides is 2. The second-order valence-electron chi connectivity index (χ2n) is 9.00. The molecule has 38 heavy (non-hydrogen) atoms. The van der Waals surface area contributed by atoms with E-state index in [1.54, 1.807) is 36.5 Å². The molecule has 0 atom stereocenters. The van der Waals surface area contributed by atoms with Gasteiger partial charge >= 0.3 is 6.18 Å². The van der Waals surface area contributed by atoms with E-state index in [1.807, 2.05) is 0 Å². The number of hydrogen-bond donors (Lipinski definition) is 2. The SMILES string of the molecule is O=C1NC(=O)C(=Cc2ccnc(N3CCC(CNCc4ccc(-c5ccccc5C(F)(F)F)o4)CC3)n2)S1. The van der Waals surface area contributed by atoms with Gasteiger partial charge in [-0.3, -0.25) is 14.9 Å². The molecule has 0 saturated carbocycles. The number of furan rings is 1. The van der Waals surface area contributed by atoms with Crippen LogP contribution in [-0.2, 0) is 17.5 Å². The van der Waals surface area contributed by atoms with Gasteiger partial charge in [-0.05, 0) is 67.4 Å². The lowest BCUT2D eigenvalue weighted by Gasteiger charge is -2.32. The highest BCUT2D eigenvalue weighted by molar-refractivity contribution is 8.18. The smallest absolute Gasteiger partial charge is 0.417 e. The van der Waals surface area contributed by atoms with Gasteiger partial charge in [-0.15, -0.1) is 0 Å². The average molecular weight is 544 g/mol. The zero-order valence-electron chi connectivity index (χ0n) is 20.1. The van der Waals surface area contributed by atoms with Gasteiger partial charge in [-0.1, -0.05) is 18.2 Å². The molecule has 8 nitrogen and oxygen atoms in total. The highest BCUT2D eigenvalue weighted by atomic mass is 32.2. The fourth-order valence-corrected chi connectivity index (χ4v) is 5.12. The molecule has 0 aliphatic carbocycles. The first-order valence-electron chi connectivity index (χ1n) is 12.0. The van der Waals surface area contributed by atoms with Gasteiger partial charge < -0.3 is 14.6 Å². The predicted octanol–water partition coefficient (Wildman–Crippen LogP) is 5.09. The van der Waals surface area contributed by atoms with Crippen LogP contribution in [0.15, 0.2) is 58.0 Å². The molecule has 2 aliphatic rings. The zero-order valence-corrected chi connectivity index (χ0v) is 20.9. The van der Waals surface area contributed by atoms with E-state index < -0.39 is 22.9 Å². The fraction of sp³-hybridized carbons (Fsp3) is 0.308. The lowest BCUT2D eigenvalue weighted by atomic mass is 9.97. The number of alkyl halides is 3. The summed E-state index contributed by atoms with van der Waals surface area (Å²) >= 11 is 0.847. The third kappa shape index (κ3) is 6.08. The Morgan fingerprint density at radius 3 is 2.66 bits per heavy atom. The van der Waals surface area contributed by atoms with Gasteiger partial charge in [-0.25, -0.2) is 9.97 Å². The lowest BCUT2D eigenvalue weighted by molar-refractivity contribution is -0.137. The van der Waals surface area contributed by atoms with E-state index in [4.69, 9.17) is 4.42 Å². The molecule has 1 aromatic carbocycles. The van der Waals surface area contributed by atoms with Crippen LogP contribution in [0, 0.1) is 5.92 Å². The minimum absolute atomic E-state index is 0.0276. The maximum Gasteiger partial charge on any atom is 0.417 e. The van der Waals surface area contributed by atoms with Crippen LogP contribution >= 0.6 is 11.8 Å². The number of imide groups is 1. The molecule has 2 aliphatic heterocycles. The largest absolute Gasteiger partial charge is 0.460 e. The molecule has 0 unspecified atom stereocenters. The molecule has 12 heteroatoms. The molecule has 2 amide bonds. The molecule has 198 valence electrons. The molecule has 2 N–H and O–H groups in total. The first kappa shape index (κ1) is 26.0. The molecular formula is C26H24F3N5O3S. The molecular weight excluding hydrogens is 519 g/mol. The molecule has 2 aromatic heterocycles. The molecule has 0 bridgehead atoms. The van der Waals surface area contributed by atoms with Crippen molar-refractivity contribution in [3.63, 3.8) is 0 Å². The Balaban J connectivity index is 1.11. The molecule has 5 rings (SSSR count). The van der Waals surface area contributed by atoms with Gasteiger partial charge in [0.15, 0.2) is 0 Å². The van der Waals surface area contributed by atoms with Crippen molar-refractivity contribution >= 4 is 34.9 Å². The quantitative estimate of drug-likeness (QED) is 0.398. The van der Waals surface area contributed by atoms with Crippen LogP contribution in [0.5, 0.6) is 0 Å². The number of carbonyl (C=O) groups excluding carboxylic acids is 2. The van der Waals surface area contributed by atoms with E-state index in [1.165, 1.54) is 12.1 Å². The van der Waals surface area contributed by atoms with Crippen molar-refractivity contribution in [1.29, 1.82) is 0 Å². The van der Waals surface area contributed by atoms with Crippen molar-refractivity contribution < 1.29 is 27.2 Å². The van der Waals surface area contributed by atoms with E-state index in [9.17, 15) is 22.8 Å². The van der Waals surface area contributed by atoms with Gasteiger partial charge in [0, 0.05) is 24.8 Å². The van der Waals surface area contributed by atoms with Gasteiger partial charge in [0.1, 0.15) is 11.5 Å². The monoisotopic (exact) mass is 543 g/mol. The van der Waals surface area contributed by atoms with Crippen LogP contribution in [0.1, 0.15) is 29.9 Å². The van der Waals surface area contributed by atoms with Crippen molar-refractivity contribution in [1.82, 2.24) is 20.6 Å². The molecule has 2 fully saturated rings. The number of aromatic nitrogens is 2. The van der Waals surface area contributed by atoms with Crippen LogP contribution in [0.25, 0.3) is 17.4 Å². The van der Waals surface area contributed by atoms with Gasteiger partial charge in [-0.2, -0.15) is 13.2 Å².